The van der Waals surface area contributed by atoms with Crippen LogP contribution in [0, 0.1) is 65.1 Å². The van der Waals surface area contributed by atoms with Gasteiger partial charge >= 0.3 is 0 Å². The van der Waals surface area contributed by atoms with Crippen LogP contribution in [0.2, 0.25) is 0 Å². The number of aliphatic hydroxyl groups is 2. The average Bonchev–Trinajstić information content (AvgIpc) is 1.27. The van der Waals surface area contributed by atoms with Gasteiger partial charge in [0.25, 0.3) is 10.1 Å². The van der Waals surface area contributed by atoms with E-state index in [1.54, 1.807) is 18.2 Å². The van der Waals surface area contributed by atoms with Crippen molar-refractivity contribution in [2.75, 3.05) is 6.61 Å². The largest absolute Gasteiger partial charge is 0.508 e. The van der Waals surface area contributed by atoms with E-state index in [2.05, 4.69) is 91.6 Å². The maximum atomic E-state index is 14.6. The molecular formula is C71H75N3O9S. The number of allylic oxidation sites excluding steroid dienone is 2. The smallest absolute Gasteiger partial charge is 0.268 e. The van der Waals surface area contributed by atoms with Crippen LogP contribution in [0.25, 0.3) is 10.8 Å². The molecule has 17 atom stereocenters. The van der Waals surface area contributed by atoms with Crippen molar-refractivity contribution in [3.63, 3.8) is 0 Å². The lowest BCUT2D eigenvalue weighted by Gasteiger charge is -2.63. The van der Waals surface area contributed by atoms with Crippen LogP contribution in [-0.2, 0) is 33.4 Å². The van der Waals surface area contributed by atoms with E-state index in [4.69, 9.17) is 25.9 Å². The molecule has 434 valence electrons. The van der Waals surface area contributed by atoms with Crippen LogP contribution >= 0.6 is 0 Å². The number of guanidine groups is 1. The maximum Gasteiger partial charge on any atom is 0.268 e. The van der Waals surface area contributed by atoms with Crippen molar-refractivity contribution in [3.05, 3.63) is 196 Å². The fourth-order valence-corrected chi connectivity index (χ4v) is 19.0. The van der Waals surface area contributed by atoms with Gasteiger partial charge in [-0.15, -0.1) is 0 Å². The summed E-state index contributed by atoms with van der Waals surface area (Å²) in [6.45, 7) is 2.10. The molecule has 10 aliphatic rings. The second-order valence-corrected chi connectivity index (χ2v) is 27.8. The number of hydrogen-bond acceptors (Lipinski definition) is 9. The third-order valence-corrected chi connectivity index (χ3v) is 22.9. The molecule has 13 heteroatoms. The number of fused-ring (bicyclic) bond motifs is 10. The number of nitrogens with zero attached hydrogens (tertiary/aromatic N) is 1. The lowest BCUT2D eigenvalue weighted by atomic mass is 9.44. The number of aliphatic hydroxyl groups excluding tert-OH is 1. The number of phenols is 2. The second-order valence-electron chi connectivity index (χ2n) is 26.2. The number of nitrogens with two attached hydrogens (primary N) is 2. The number of aromatic hydroxyl groups is 2. The van der Waals surface area contributed by atoms with Gasteiger partial charge in [0.05, 0.1) is 17.0 Å². The Bertz CT molecular complexity index is 3810. The highest BCUT2D eigenvalue weighted by Gasteiger charge is 2.66. The molecule has 1 saturated heterocycles. The maximum absolute atomic E-state index is 14.6. The molecular weight excluding hydrogens is 1070 g/mol. The van der Waals surface area contributed by atoms with E-state index in [9.17, 15) is 33.4 Å². The van der Waals surface area contributed by atoms with Crippen LogP contribution in [0.3, 0.4) is 0 Å². The first-order valence-electron chi connectivity index (χ1n) is 30.5. The number of benzene rings is 6. The quantitative estimate of drug-likeness (QED) is 0.0262. The van der Waals surface area contributed by atoms with Gasteiger partial charge in [-0.2, -0.15) is 8.42 Å². The Labute approximate surface area is 492 Å². The van der Waals surface area contributed by atoms with E-state index in [0.717, 1.165) is 75.4 Å². The summed E-state index contributed by atoms with van der Waals surface area (Å²) >= 11 is 0. The van der Waals surface area contributed by atoms with E-state index < -0.39 is 56.5 Å². The zero-order valence-electron chi connectivity index (χ0n) is 47.4. The Hall–Kier alpha value is -6.92. The van der Waals surface area contributed by atoms with Crippen LogP contribution in [-0.4, -0.2) is 62.9 Å². The van der Waals surface area contributed by atoms with E-state index in [-0.39, 0.29) is 83.9 Å². The van der Waals surface area contributed by atoms with Gasteiger partial charge in [-0.05, 0) is 192 Å². The minimum Gasteiger partial charge on any atom is -0.508 e. The summed E-state index contributed by atoms with van der Waals surface area (Å²) in [5.74, 6) is 4.23. The molecule has 0 amide bonds. The Kier molecular flexibility index (Phi) is 13.9. The summed E-state index contributed by atoms with van der Waals surface area (Å²) < 4.78 is 56.0. The Morgan fingerprint density at radius 1 is 0.786 bits per heavy atom. The summed E-state index contributed by atoms with van der Waals surface area (Å²) in [4.78, 5) is 5.39. The van der Waals surface area contributed by atoms with Crippen molar-refractivity contribution in [1.82, 2.24) is 0 Å². The molecule has 5 heterocycles. The molecule has 16 rings (SSSR count). The van der Waals surface area contributed by atoms with Gasteiger partial charge in [-0.25, -0.2) is 4.99 Å². The predicted molar refractivity (Wildman–Crippen MR) is 325 cm³/mol. The molecule has 0 radical (unpaired) electrons. The minimum atomic E-state index is -4.72. The molecule has 2 saturated carbocycles. The number of aryl methyl sites for hydroxylation is 1. The highest BCUT2D eigenvalue weighted by Crippen LogP contribution is 2.65. The standard InChI is InChI=1S/C71H75N3O9S/c1-40-10-11-47-34-55-22-24-57(47)60(40)38-66(84(79,80)81)61-36-51-31-50(35-56-28-42(39-75)8-5-9-45-32-54(77)21-23-59(45)68(51)82-56)67(61)44-14-18-52(19-15-44)71(83-55,74-69(72)73)65-37-48-17-26-63-58(46-13-12-43-16-20-53(76)33-49(43)30-46)25-27-62(48)70(63,78)64(65)29-41-6-3-2-4-7-41/h2-4,6-7,12-24,26,30,32-34,36,40,42,48,50,56,58,60-68,75-78H,8,10-11,25,27-29,31,35,37-39H2,1H3,(H4,72,73,74)(H,79,80,81). The first-order valence-corrected chi connectivity index (χ1v) is 32.0. The summed E-state index contributed by atoms with van der Waals surface area (Å²) in [5, 5.41) is 47.4. The van der Waals surface area contributed by atoms with Gasteiger partial charge in [-0.1, -0.05) is 128 Å². The molecule has 3 fully saturated rings. The van der Waals surface area contributed by atoms with E-state index in [1.165, 1.54) is 0 Å². The molecule has 12 nitrogen and oxygen atoms in total. The summed E-state index contributed by atoms with van der Waals surface area (Å²) in [5.41, 5.74) is 18.8. The highest BCUT2D eigenvalue weighted by molar-refractivity contribution is 7.86. The van der Waals surface area contributed by atoms with Crippen LogP contribution in [0.4, 0.5) is 0 Å². The van der Waals surface area contributed by atoms with E-state index >= 15 is 0 Å². The van der Waals surface area contributed by atoms with E-state index in [1.807, 2.05) is 54.6 Å². The lowest BCUT2D eigenvalue weighted by Crippen LogP contribution is -2.67. The van der Waals surface area contributed by atoms with Crippen molar-refractivity contribution < 1.29 is 42.9 Å². The first kappa shape index (κ1) is 55.0. The summed E-state index contributed by atoms with van der Waals surface area (Å²) in [6.07, 6.45) is 12.4. The molecule has 0 spiro atoms. The fourth-order valence-electron chi connectivity index (χ4n) is 17.9. The minimum absolute atomic E-state index is 0.0380. The third kappa shape index (κ3) is 9.52. The van der Waals surface area contributed by atoms with Crippen molar-refractivity contribution >= 4 is 26.9 Å². The number of rotatable bonds is 7. The van der Waals surface area contributed by atoms with Gasteiger partial charge < -0.3 is 41.4 Å². The van der Waals surface area contributed by atoms with Crippen molar-refractivity contribution in [2.24, 2.45) is 69.7 Å². The van der Waals surface area contributed by atoms with E-state index in [0.29, 0.717) is 55.4 Å². The van der Waals surface area contributed by atoms with Gasteiger partial charge in [0, 0.05) is 53.4 Å². The zero-order chi connectivity index (χ0) is 57.8. The molecule has 84 heavy (non-hydrogen) atoms. The zero-order valence-corrected chi connectivity index (χ0v) is 48.2. The third-order valence-electron chi connectivity index (χ3n) is 21.6. The van der Waals surface area contributed by atoms with Gasteiger partial charge in [0.15, 0.2) is 5.96 Å². The van der Waals surface area contributed by atoms with Crippen molar-refractivity contribution in [1.29, 1.82) is 0 Å². The number of hydrogen-bond donors (Lipinski definition) is 7. The molecule has 6 aromatic carbocycles. The van der Waals surface area contributed by atoms with Crippen LogP contribution in [0.5, 0.6) is 17.2 Å². The fraction of sp³-hybridized carbons (Fsp3) is 0.423. The lowest BCUT2D eigenvalue weighted by molar-refractivity contribution is -0.213. The Balaban J connectivity index is 0.964. The van der Waals surface area contributed by atoms with Crippen molar-refractivity contribution in [2.45, 2.75) is 124 Å². The van der Waals surface area contributed by atoms with Gasteiger partial charge in [0.1, 0.15) is 23.4 Å². The molecule has 5 aliphatic heterocycles. The van der Waals surface area contributed by atoms with Gasteiger partial charge in [0.2, 0.25) is 5.72 Å². The number of phenolic OH excluding ortho intramolecular Hbond substituents is 2. The van der Waals surface area contributed by atoms with Crippen LogP contribution in [0.1, 0.15) is 133 Å². The molecule has 0 aromatic heterocycles. The molecule has 6 aromatic rings. The Morgan fingerprint density at radius 2 is 1.56 bits per heavy atom. The van der Waals surface area contributed by atoms with Crippen molar-refractivity contribution in [3.8, 4) is 29.1 Å². The molecule has 17 unspecified atom stereocenters. The van der Waals surface area contributed by atoms with Crippen LogP contribution in [0.15, 0.2) is 156 Å². The predicted octanol–water partition coefficient (Wildman–Crippen LogP) is 11.6. The monoisotopic (exact) mass is 1150 g/mol. The topological polar surface area (TPSA) is 218 Å². The number of aliphatic imine (C=N–C) groups is 1. The highest BCUT2D eigenvalue weighted by atomic mass is 32.2. The molecule has 5 aliphatic carbocycles. The normalized spacial score (nSPS) is 34.6. The SMILES string of the molecule is CC1CCc2cc3ccc2C1CC(S(=O)(=O)O)C1C=C2CC(CC4CC(CO)CC#Cc5cc(O)ccc5C2O4)C1c1ccc(cc1)C(N=C(N)N)(C1CC2C=CC4C(c5ccc6ccc(O)cc6c5)CCC2C4(O)C1Cc1ccccc1)O3. The van der Waals surface area contributed by atoms with Crippen LogP contribution < -0.4 is 16.2 Å². The summed E-state index contributed by atoms with van der Waals surface area (Å²) in [6, 6.07) is 41.9. The molecule has 9 N–H and O–H groups in total. The first-order chi connectivity index (χ1) is 40.5. The molecule has 14 bridgehead atoms. The number of ether oxygens (including phenoxy) is 2. The summed E-state index contributed by atoms with van der Waals surface area (Å²) in [7, 11) is -4.72. The van der Waals surface area contributed by atoms with Gasteiger partial charge in [-0.3, -0.25) is 4.55 Å². The second kappa shape index (κ2) is 21.2. The average molecular weight is 1150 g/mol. The Morgan fingerprint density at radius 3 is 2.36 bits per heavy atom.